The van der Waals surface area contributed by atoms with Crippen molar-refractivity contribution in [2.45, 2.75) is 12.8 Å². The van der Waals surface area contributed by atoms with Crippen LogP contribution in [0.15, 0.2) is 376 Å². The lowest BCUT2D eigenvalue weighted by atomic mass is 9.82. The predicted octanol–water partition coefficient (Wildman–Crippen LogP) is 26.4. The van der Waals surface area contributed by atoms with Crippen LogP contribution in [0.5, 0.6) is 0 Å². The normalized spacial score (nSPS) is 13.7. The maximum atomic E-state index is 5.42. The Morgan fingerprint density at radius 1 is 0.218 bits per heavy atom. The van der Waals surface area contributed by atoms with E-state index in [2.05, 4.69) is 333 Å². The lowest BCUT2D eigenvalue weighted by Crippen LogP contribution is -2.11. The molecule has 2 atom stereocenters. The van der Waals surface area contributed by atoms with Crippen LogP contribution < -0.4 is 0 Å². The molecule has 110 heavy (non-hydrogen) atoms. The fourth-order valence-corrected chi connectivity index (χ4v) is 16.9. The summed E-state index contributed by atoms with van der Waals surface area (Å²) in [6.45, 7) is 2.30. The third-order valence-electron chi connectivity index (χ3n) is 22.3. The van der Waals surface area contributed by atoms with Crippen LogP contribution in [0.4, 0.5) is 0 Å². The van der Waals surface area contributed by atoms with Gasteiger partial charge in [-0.1, -0.05) is 304 Å². The molecule has 0 amide bonds. The van der Waals surface area contributed by atoms with E-state index in [1.54, 1.807) is 0 Å². The van der Waals surface area contributed by atoms with Crippen molar-refractivity contribution in [2.24, 2.45) is 5.92 Å². The van der Waals surface area contributed by atoms with Gasteiger partial charge in [-0.3, -0.25) is 0 Å². The zero-order chi connectivity index (χ0) is 72.8. The molecule has 17 aromatic carbocycles. The highest BCUT2D eigenvalue weighted by atomic mass is 15.0. The fourth-order valence-electron chi connectivity index (χ4n) is 16.9. The number of hydrogen-bond donors (Lipinski definition) is 0. The highest BCUT2D eigenvalue weighted by molar-refractivity contribution is 6.27. The molecule has 7 nitrogen and oxygen atoms in total. The molecule has 0 radical (unpaired) electrons. The summed E-state index contributed by atoms with van der Waals surface area (Å²) in [5, 5.41) is 17.2. The van der Waals surface area contributed by atoms with Crippen LogP contribution in [-0.4, -0.2) is 34.5 Å². The van der Waals surface area contributed by atoms with Crippen LogP contribution >= 0.6 is 0 Å². The molecule has 0 fully saturated rings. The molecule has 20 aromatic rings. The van der Waals surface area contributed by atoms with Gasteiger partial charge in [-0.15, -0.1) is 0 Å². The van der Waals surface area contributed by atoms with Crippen molar-refractivity contribution >= 4 is 92.0 Å². The second kappa shape index (κ2) is 26.6. The van der Waals surface area contributed by atoms with Crippen molar-refractivity contribution in [1.82, 2.24) is 34.5 Å². The number of benzene rings is 17. The molecule has 0 aliphatic heterocycles. The molecule has 21 rings (SSSR count). The molecule has 0 bridgehead atoms. The van der Waals surface area contributed by atoms with Gasteiger partial charge < -0.3 is 4.57 Å². The highest BCUT2D eigenvalue weighted by Crippen LogP contribution is 2.45. The molecule has 514 valence electrons. The van der Waals surface area contributed by atoms with Crippen LogP contribution in [0.3, 0.4) is 0 Å². The number of rotatable bonds is 12. The Morgan fingerprint density at radius 3 is 0.945 bits per heavy atom. The van der Waals surface area contributed by atoms with Gasteiger partial charge in [0.25, 0.3) is 0 Å². The largest absolute Gasteiger partial charge is 0.309 e. The van der Waals surface area contributed by atoms with Gasteiger partial charge in [-0.25, -0.2) is 29.9 Å². The van der Waals surface area contributed by atoms with Crippen LogP contribution in [0, 0.1) is 5.92 Å². The minimum Gasteiger partial charge on any atom is -0.309 e. The van der Waals surface area contributed by atoms with E-state index >= 15 is 0 Å². The van der Waals surface area contributed by atoms with Crippen LogP contribution in [0.1, 0.15) is 24.2 Å². The van der Waals surface area contributed by atoms with Gasteiger partial charge in [-0.2, -0.15) is 0 Å². The first kappa shape index (κ1) is 64.0. The first-order valence-corrected chi connectivity index (χ1v) is 37.7. The number of nitrogens with zero attached hydrogens (tertiary/aromatic N) is 7. The number of para-hydroxylation sites is 1. The molecule has 0 N–H and O–H groups in total. The van der Waals surface area contributed by atoms with Crippen molar-refractivity contribution in [2.75, 3.05) is 0 Å². The zero-order valence-corrected chi connectivity index (χ0v) is 60.1. The van der Waals surface area contributed by atoms with Crippen LogP contribution in [0.25, 0.3) is 199 Å². The van der Waals surface area contributed by atoms with E-state index in [0.717, 1.165) is 100 Å². The Kier molecular flexibility index (Phi) is 15.5. The maximum Gasteiger partial charge on any atom is 0.164 e. The standard InChI is InChI=1S/C103H67N7/c1-64-54-73(101-105-100(69-30-12-5-13-31-69)108-103(109-101)78-57-74(65-24-6-2-7-25-65)55-75(58-78)70-44-51-90-86-36-16-14-32-82(86)84-34-18-20-38-88(84)93(90)61-70)46-50-81(64)66-42-48-80(49-43-66)110-96-41-23-22-40-92(96)95-63-72(47-53-97(95)110)77-56-76(71-45-52-91-87-37-17-15-33-83(87)85-35-19-21-39-89(85)94(91)62-71)59-79(60-77)102-106-98(67-26-8-3-9-27-67)104-99(107-102)68-28-10-4-11-29-68/h2-64,81H,1H3. The number of hydrogen-bond acceptors (Lipinski definition) is 6. The summed E-state index contributed by atoms with van der Waals surface area (Å²) >= 11 is 0. The van der Waals surface area contributed by atoms with Gasteiger partial charge >= 0.3 is 0 Å². The molecule has 0 spiro atoms. The third-order valence-corrected chi connectivity index (χ3v) is 22.3. The second-order valence-electron chi connectivity index (χ2n) is 28.9. The Hall–Kier alpha value is -14.4. The Bertz CT molecular complexity index is 7020. The van der Waals surface area contributed by atoms with Gasteiger partial charge in [0, 0.05) is 55.8 Å². The van der Waals surface area contributed by atoms with Crippen LogP contribution in [-0.2, 0) is 0 Å². The van der Waals surface area contributed by atoms with E-state index in [1.165, 1.54) is 75.6 Å². The number of allylic oxidation sites excluding steroid dienone is 4. The maximum absolute atomic E-state index is 5.42. The topological polar surface area (TPSA) is 82.3 Å². The Labute approximate surface area is 635 Å². The molecule has 3 heterocycles. The van der Waals surface area contributed by atoms with Crippen molar-refractivity contribution in [3.63, 3.8) is 0 Å². The van der Waals surface area contributed by atoms with Crippen molar-refractivity contribution in [1.29, 1.82) is 0 Å². The molecular weight excluding hydrogens is 1340 g/mol. The monoisotopic (exact) mass is 1400 g/mol. The summed E-state index contributed by atoms with van der Waals surface area (Å²) in [7, 11) is 0. The molecule has 7 heteroatoms. The quantitative estimate of drug-likeness (QED) is 0.113. The van der Waals surface area contributed by atoms with E-state index in [0.29, 0.717) is 34.9 Å². The minimum atomic E-state index is 0.104. The van der Waals surface area contributed by atoms with E-state index in [1.807, 2.05) is 54.6 Å². The van der Waals surface area contributed by atoms with E-state index < -0.39 is 0 Å². The molecule has 1 aliphatic rings. The molecular formula is C103H67N7. The van der Waals surface area contributed by atoms with Crippen molar-refractivity contribution < 1.29 is 0 Å². The molecule has 3 aromatic heterocycles. The predicted molar refractivity (Wildman–Crippen MR) is 457 cm³/mol. The summed E-state index contributed by atoms with van der Waals surface area (Å²) in [5.41, 5.74) is 18.8. The van der Waals surface area contributed by atoms with Crippen molar-refractivity contribution in [3.05, 3.63) is 388 Å². The molecule has 1 aliphatic carbocycles. The van der Waals surface area contributed by atoms with E-state index in [9.17, 15) is 0 Å². The third kappa shape index (κ3) is 11.3. The summed E-state index contributed by atoms with van der Waals surface area (Å²) < 4.78 is 2.41. The number of fused-ring (bicyclic) bond motifs is 15. The summed E-state index contributed by atoms with van der Waals surface area (Å²) in [5.74, 6) is 3.92. The lowest BCUT2D eigenvalue weighted by Gasteiger charge is -2.24. The zero-order valence-electron chi connectivity index (χ0n) is 60.1. The van der Waals surface area contributed by atoms with E-state index in [4.69, 9.17) is 29.9 Å². The van der Waals surface area contributed by atoms with Crippen molar-refractivity contribution in [3.8, 4) is 107 Å². The summed E-state index contributed by atoms with van der Waals surface area (Å²) in [4.78, 5) is 31.7. The molecule has 0 saturated carbocycles. The fraction of sp³-hybridized carbons (Fsp3) is 0.0291. The first-order valence-electron chi connectivity index (χ1n) is 37.7. The Morgan fingerprint density at radius 2 is 0.527 bits per heavy atom. The van der Waals surface area contributed by atoms with Crippen LogP contribution in [0.2, 0.25) is 0 Å². The SMILES string of the molecule is CC1C=C(c2nc(-c3ccccc3)nc(-c3cc(-c4ccccc4)cc(-c4ccc5c6ccccc6c6ccccc6c5c4)c3)n2)C=CC1c1ccc(-n2c3ccccc3c3cc(-c4cc(-c5ccc6c7ccccc7c7ccccc7c6c5)cc(-c5nc(-c6ccccc6)nc(-c6ccccc6)n5)c4)ccc32)cc1. The highest BCUT2D eigenvalue weighted by Gasteiger charge is 2.25. The van der Waals surface area contributed by atoms with Gasteiger partial charge in [0.1, 0.15) is 0 Å². The molecule has 0 saturated heterocycles. The lowest BCUT2D eigenvalue weighted by molar-refractivity contribution is 0.637. The smallest absolute Gasteiger partial charge is 0.164 e. The van der Waals surface area contributed by atoms with Gasteiger partial charge in [0.2, 0.25) is 0 Å². The summed E-state index contributed by atoms with van der Waals surface area (Å²) in [6.07, 6.45) is 6.88. The Balaban J connectivity index is 0.634. The van der Waals surface area contributed by atoms with Gasteiger partial charge in [-0.05, 0) is 199 Å². The van der Waals surface area contributed by atoms with Gasteiger partial charge in [0.15, 0.2) is 34.9 Å². The average molecular weight is 1400 g/mol. The second-order valence-corrected chi connectivity index (χ2v) is 28.9. The summed E-state index contributed by atoms with van der Waals surface area (Å²) in [6, 6.07) is 129. The number of aromatic nitrogens is 7. The average Bonchev–Trinajstić information content (AvgIpc) is 1.35. The van der Waals surface area contributed by atoms with E-state index in [-0.39, 0.29) is 11.8 Å². The first-order chi connectivity index (χ1) is 54.4. The molecule has 2 unspecified atom stereocenters. The van der Waals surface area contributed by atoms with Gasteiger partial charge in [0.05, 0.1) is 11.0 Å². The minimum absolute atomic E-state index is 0.104.